The highest BCUT2D eigenvalue weighted by Gasteiger charge is 2.24. The van der Waals surface area contributed by atoms with Gasteiger partial charge < -0.3 is 4.90 Å². The van der Waals surface area contributed by atoms with Gasteiger partial charge in [-0.2, -0.15) is 0 Å². The van der Waals surface area contributed by atoms with Crippen molar-refractivity contribution in [2.24, 2.45) is 5.41 Å². The average Bonchev–Trinajstić information content (AvgIpc) is 2.37. The summed E-state index contributed by atoms with van der Waals surface area (Å²) in [4.78, 5) is 12.3. The first-order valence-corrected chi connectivity index (χ1v) is 6.71. The van der Waals surface area contributed by atoms with E-state index in [0.717, 1.165) is 18.6 Å². The topological polar surface area (TPSA) is 20.3 Å². The molecule has 0 aliphatic carbocycles. The van der Waals surface area contributed by atoms with E-state index in [1.165, 1.54) is 5.57 Å². The van der Waals surface area contributed by atoms with Gasteiger partial charge in [0, 0.05) is 18.7 Å². The lowest BCUT2D eigenvalue weighted by molar-refractivity contribution is 0.112. The molecule has 1 aromatic rings. The molecule has 20 heavy (non-hydrogen) atoms. The van der Waals surface area contributed by atoms with Crippen LogP contribution in [0.25, 0.3) is 0 Å². The Labute approximate surface area is 118 Å². The van der Waals surface area contributed by atoms with E-state index in [0.29, 0.717) is 19.4 Å². The summed E-state index contributed by atoms with van der Waals surface area (Å²) in [5, 5.41) is 0. The molecule has 108 valence electrons. The molecule has 2 rings (SSSR count). The van der Waals surface area contributed by atoms with E-state index in [2.05, 4.69) is 20.8 Å². The molecule has 0 unspecified atom stereocenters. The highest BCUT2D eigenvalue weighted by Crippen LogP contribution is 2.33. The second-order valence-corrected chi connectivity index (χ2v) is 6.13. The van der Waals surface area contributed by atoms with Gasteiger partial charge in [-0.15, -0.1) is 0 Å². The minimum Gasteiger partial charge on any atom is -0.363 e. The van der Waals surface area contributed by atoms with Crippen LogP contribution in [0.15, 0.2) is 23.8 Å². The van der Waals surface area contributed by atoms with Gasteiger partial charge in [-0.1, -0.05) is 32.4 Å². The predicted octanol–water partition coefficient (Wildman–Crippen LogP) is 3.96. The fraction of sp³-hybridized carbons (Fsp3) is 0.438. The molecular weight excluding hydrogens is 260 g/mol. The quantitative estimate of drug-likeness (QED) is 0.603. The van der Waals surface area contributed by atoms with Crippen molar-refractivity contribution in [1.29, 1.82) is 0 Å². The zero-order valence-corrected chi connectivity index (χ0v) is 12.0. The third-order valence-corrected chi connectivity index (χ3v) is 3.66. The molecule has 0 amide bonds. The minimum absolute atomic E-state index is 0.0201. The van der Waals surface area contributed by atoms with E-state index in [1.807, 2.05) is 6.08 Å². The van der Waals surface area contributed by atoms with E-state index >= 15 is 0 Å². The molecule has 0 bridgehead atoms. The first kappa shape index (κ1) is 14.7. The van der Waals surface area contributed by atoms with Gasteiger partial charge in [-0.25, -0.2) is 8.78 Å². The Hall–Kier alpha value is -1.71. The van der Waals surface area contributed by atoms with E-state index in [-0.39, 0.29) is 16.7 Å². The van der Waals surface area contributed by atoms with Crippen LogP contribution < -0.4 is 4.90 Å². The van der Waals surface area contributed by atoms with Crippen molar-refractivity contribution in [2.75, 3.05) is 18.0 Å². The normalized spacial score (nSPS) is 16.1. The van der Waals surface area contributed by atoms with E-state index < -0.39 is 11.6 Å². The van der Waals surface area contributed by atoms with Gasteiger partial charge >= 0.3 is 0 Å². The maximum absolute atomic E-state index is 14.0. The second kappa shape index (κ2) is 5.35. The van der Waals surface area contributed by atoms with Crippen molar-refractivity contribution in [2.45, 2.75) is 27.2 Å². The maximum Gasteiger partial charge on any atom is 0.150 e. The highest BCUT2D eigenvalue weighted by molar-refractivity contribution is 5.76. The molecule has 0 saturated carbocycles. The van der Waals surface area contributed by atoms with Gasteiger partial charge in [0.25, 0.3) is 0 Å². The molecule has 0 aromatic heterocycles. The Morgan fingerprint density at radius 1 is 1.20 bits per heavy atom. The summed E-state index contributed by atoms with van der Waals surface area (Å²) in [6, 6.07) is 2.16. The second-order valence-electron chi connectivity index (χ2n) is 6.13. The largest absolute Gasteiger partial charge is 0.363 e. The molecule has 0 saturated heterocycles. The zero-order chi connectivity index (χ0) is 14.9. The molecule has 2 nitrogen and oxygen atoms in total. The molecular formula is C16H19F2NO. The van der Waals surface area contributed by atoms with Gasteiger partial charge in [0.15, 0.2) is 0 Å². The smallest absolute Gasteiger partial charge is 0.150 e. The summed E-state index contributed by atoms with van der Waals surface area (Å²) < 4.78 is 27.9. The highest BCUT2D eigenvalue weighted by atomic mass is 19.1. The Morgan fingerprint density at radius 2 is 1.80 bits per heavy atom. The minimum atomic E-state index is -0.681. The molecule has 0 radical (unpaired) electrons. The zero-order valence-electron chi connectivity index (χ0n) is 12.0. The van der Waals surface area contributed by atoms with E-state index in [4.69, 9.17) is 0 Å². The maximum atomic E-state index is 14.0. The number of hydrogen-bond donors (Lipinski definition) is 0. The fourth-order valence-electron chi connectivity index (χ4n) is 2.51. The van der Waals surface area contributed by atoms with Crippen LogP contribution in [0.4, 0.5) is 14.5 Å². The summed E-state index contributed by atoms with van der Waals surface area (Å²) in [5.41, 5.74) is 1.37. The number of halogens is 2. The lowest BCUT2D eigenvalue weighted by Crippen LogP contribution is -2.32. The Morgan fingerprint density at radius 3 is 2.20 bits per heavy atom. The number of aldehydes is 1. The lowest BCUT2D eigenvalue weighted by atomic mass is 9.83. The third kappa shape index (κ3) is 2.89. The van der Waals surface area contributed by atoms with Gasteiger partial charge in [0.05, 0.1) is 0 Å². The SMILES string of the molecule is CC(C)(C)C1=CCN(c2c(F)cc(C=O)cc2F)CC1. The van der Waals surface area contributed by atoms with Gasteiger partial charge in [-0.3, -0.25) is 4.79 Å². The summed E-state index contributed by atoms with van der Waals surface area (Å²) in [7, 11) is 0. The molecule has 1 aromatic carbocycles. The molecule has 1 aliphatic heterocycles. The van der Waals surface area contributed by atoms with E-state index in [9.17, 15) is 13.6 Å². The van der Waals surface area contributed by atoms with Gasteiger partial charge in [0.1, 0.15) is 23.6 Å². The van der Waals surface area contributed by atoms with Crippen LogP contribution in [0.2, 0.25) is 0 Å². The Balaban J connectivity index is 2.27. The molecule has 0 N–H and O–H groups in total. The number of nitrogens with zero attached hydrogens (tertiary/aromatic N) is 1. The van der Waals surface area contributed by atoms with Gasteiger partial charge in [-0.05, 0) is 24.0 Å². The Bertz CT molecular complexity index is 535. The van der Waals surface area contributed by atoms with Gasteiger partial charge in [0.2, 0.25) is 0 Å². The predicted molar refractivity (Wildman–Crippen MR) is 76.1 cm³/mol. The monoisotopic (exact) mass is 279 g/mol. The number of carbonyl (C=O) groups is 1. The van der Waals surface area contributed by atoms with Crippen molar-refractivity contribution in [3.05, 3.63) is 41.0 Å². The van der Waals surface area contributed by atoms with Crippen LogP contribution in [0, 0.1) is 17.0 Å². The van der Waals surface area contributed by atoms with Crippen LogP contribution in [-0.4, -0.2) is 19.4 Å². The van der Waals surface area contributed by atoms with Crippen LogP contribution in [0.5, 0.6) is 0 Å². The number of rotatable bonds is 2. The molecule has 0 atom stereocenters. The van der Waals surface area contributed by atoms with Crippen molar-refractivity contribution in [3.63, 3.8) is 0 Å². The van der Waals surface area contributed by atoms with Crippen molar-refractivity contribution in [1.82, 2.24) is 0 Å². The first-order valence-electron chi connectivity index (χ1n) is 6.71. The number of hydrogen-bond acceptors (Lipinski definition) is 2. The van der Waals surface area contributed by atoms with Crippen LogP contribution in [-0.2, 0) is 0 Å². The number of benzene rings is 1. The van der Waals surface area contributed by atoms with E-state index in [1.54, 1.807) is 4.90 Å². The molecule has 0 fully saturated rings. The van der Waals surface area contributed by atoms with Crippen LogP contribution in [0.3, 0.4) is 0 Å². The van der Waals surface area contributed by atoms with Crippen molar-refractivity contribution < 1.29 is 13.6 Å². The Kier molecular flexibility index (Phi) is 3.93. The standard InChI is InChI=1S/C16H19F2NO/c1-16(2,3)12-4-6-19(7-5-12)15-13(17)8-11(10-20)9-14(15)18/h4,8-10H,5-7H2,1-3H3. The number of carbonyl (C=O) groups excluding carboxylic acids is 1. The average molecular weight is 279 g/mol. The van der Waals surface area contributed by atoms with Crippen LogP contribution in [0.1, 0.15) is 37.6 Å². The number of anilines is 1. The lowest BCUT2D eigenvalue weighted by Gasteiger charge is -2.33. The molecule has 1 heterocycles. The fourth-order valence-corrected chi connectivity index (χ4v) is 2.51. The molecule has 0 spiro atoms. The summed E-state index contributed by atoms with van der Waals surface area (Å²) in [5.74, 6) is -1.36. The third-order valence-electron chi connectivity index (χ3n) is 3.66. The summed E-state index contributed by atoms with van der Waals surface area (Å²) >= 11 is 0. The van der Waals surface area contributed by atoms with Crippen molar-refractivity contribution >= 4 is 12.0 Å². The molecule has 4 heteroatoms. The van der Waals surface area contributed by atoms with Crippen molar-refractivity contribution in [3.8, 4) is 0 Å². The van der Waals surface area contributed by atoms with Crippen LogP contribution >= 0.6 is 0 Å². The summed E-state index contributed by atoms with van der Waals surface area (Å²) in [6.45, 7) is 7.47. The molecule has 1 aliphatic rings. The summed E-state index contributed by atoms with van der Waals surface area (Å²) in [6.07, 6.45) is 3.28. The first-order chi connectivity index (χ1) is 9.32.